The highest BCUT2D eigenvalue weighted by atomic mass is 32.2. The normalized spacial score (nSPS) is 17.9. The number of anilines is 1. The summed E-state index contributed by atoms with van der Waals surface area (Å²) >= 11 is 0. The molecule has 0 aliphatic carbocycles. The summed E-state index contributed by atoms with van der Waals surface area (Å²) in [6, 6.07) is 5.69. The number of hydrogen-bond donors (Lipinski definition) is 0. The van der Waals surface area contributed by atoms with Gasteiger partial charge >= 0.3 is 6.01 Å². The molecule has 0 saturated carbocycles. The third kappa shape index (κ3) is 6.08. The van der Waals surface area contributed by atoms with Crippen molar-refractivity contribution in [2.75, 3.05) is 78.5 Å². The van der Waals surface area contributed by atoms with E-state index in [1.54, 1.807) is 39.3 Å². The molecule has 2 aromatic rings. The van der Waals surface area contributed by atoms with Crippen molar-refractivity contribution in [2.24, 2.45) is 0 Å². The first-order valence-corrected chi connectivity index (χ1v) is 13.9. The van der Waals surface area contributed by atoms with E-state index < -0.39 is 10.0 Å². The summed E-state index contributed by atoms with van der Waals surface area (Å²) < 4.78 is 39.1. The van der Waals surface area contributed by atoms with Crippen LogP contribution in [0.2, 0.25) is 0 Å². The first kappa shape index (κ1) is 26.6. The van der Waals surface area contributed by atoms with E-state index >= 15 is 0 Å². The second kappa shape index (κ2) is 11.3. The summed E-state index contributed by atoms with van der Waals surface area (Å²) in [5.41, 5.74) is 1.34. The number of rotatable bonds is 10. The molecule has 11 heteroatoms. The summed E-state index contributed by atoms with van der Waals surface area (Å²) in [4.78, 5) is 16.2. The number of aryl methyl sites for hydroxylation is 2. The van der Waals surface area contributed by atoms with E-state index in [0.29, 0.717) is 27.8 Å². The van der Waals surface area contributed by atoms with Crippen molar-refractivity contribution in [3.63, 3.8) is 0 Å². The van der Waals surface area contributed by atoms with Crippen LogP contribution in [0.4, 0.5) is 5.82 Å². The van der Waals surface area contributed by atoms with Gasteiger partial charge in [0.25, 0.3) is 0 Å². The van der Waals surface area contributed by atoms with Gasteiger partial charge in [0, 0.05) is 32.4 Å². The van der Waals surface area contributed by atoms with Crippen molar-refractivity contribution in [2.45, 2.75) is 31.3 Å². The molecule has 0 bridgehead atoms. The third-order valence-electron chi connectivity index (χ3n) is 6.75. The summed E-state index contributed by atoms with van der Waals surface area (Å²) in [6.07, 6.45) is 2.60. The molecule has 0 N–H and O–H groups in total. The molecule has 2 fully saturated rings. The second-order valence-corrected chi connectivity index (χ2v) is 11.7. The quantitative estimate of drug-likeness (QED) is 0.465. The molecule has 4 rings (SSSR count). The Bertz CT molecular complexity index is 1120. The number of piperazine rings is 1. The average Bonchev–Trinajstić information content (AvgIpc) is 2.80. The number of nitrogens with zero attached hydrogens (tertiary/aromatic N) is 6. The van der Waals surface area contributed by atoms with Crippen molar-refractivity contribution in [3.05, 3.63) is 35.5 Å². The molecular weight excluding hydrogens is 480 g/mol. The summed E-state index contributed by atoms with van der Waals surface area (Å²) in [5.74, 6) is 1.50. The lowest BCUT2D eigenvalue weighted by Gasteiger charge is -2.38. The summed E-state index contributed by atoms with van der Waals surface area (Å²) in [7, 11) is 2.17. The van der Waals surface area contributed by atoms with Crippen molar-refractivity contribution < 1.29 is 17.9 Å². The topological polar surface area (TPSA) is 91.3 Å². The van der Waals surface area contributed by atoms with E-state index in [9.17, 15) is 8.42 Å². The minimum absolute atomic E-state index is 0.270. The fourth-order valence-electron chi connectivity index (χ4n) is 4.76. The number of aromatic nitrogens is 2. The predicted octanol–water partition coefficient (Wildman–Crippen LogP) is 1.63. The Balaban J connectivity index is 1.30. The van der Waals surface area contributed by atoms with Gasteiger partial charge in [-0.15, -0.1) is 0 Å². The molecule has 1 aromatic carbocycles. The minimum atomic E-state index is -3.61. The van der Waals surface area contributed by atoms with Crippen molar-refractivity contribution in [1.29, 1.82) is 0 Å². The van der Waals surface area contributed by atoms with Crippen LogP contribution in [0.1, 0.15) is 17.5 Å². The number of hydrogen-bond acceptors (Lipinski definition) is 9. The van der Waals surface area contributed by atoms with Gasteiger partial charge < -0.3 is 19.3 Å². The third-order valence-corrected chi connectivity index (χ3v) is 8.89. The maximum Gasteiger partial charge on any atom is 0.318 e. The fourth-order valence-corrected chi connectivity index (χ4v) is 6.68. The number of benzene rings is 1. The Morgan fingerprint density at radius 2 is 1.75 bits per heavy atom. The predicted molar refractivity (Wildman–Crippen MR) is 139 cm³/mol. The summed E-state index contributed by atoms with van der Waals surface area (Å²) in [5, 5.41) is 0. The van der Waals surface area contributed by atoms with Crippen LogP contribution in [0.3, 0.4) is 0 Å². The molecule has 36 heavy (non-hydrogen) atoms. The molecule has 2 saturated heterocycles. The molecule has 1 aromatic heterocycles. The van der Waals surface area contributed by atoms with Crippen LogP contribution in [0, 0.1) is 13.8 Å². The highest BCUT2D eigenvalue weighted by molar-refractivity contribution is 7.89. The smallest absolute Gasteiger partial charge is 0.318 e. The minimum Gasteiger partial charge on any atom is -0.497 e. The molecule has 198 valence electrons. The van der Waals surface area contributed by atoms with E-state index in [0.717, 1.165) is 45.1 Å². The average molecular weight is 519 g/mol. The van der Waals surface area contributed by atoms with Crippen molar-refractivity contribution >= 4 is 15.8 Å². The monoisotopic (exact) mass is 518 g/mol. The van der Waals surface area contributed by atoms with Crippen LogP contribution in [0.15, 0.2) is 29.3 Å². The van der Waals surface area contributed by atoms with Gasteiger partial charge in [-0.3, -0.25) is 4.90 Å². The Morgan fingerprint density at radius 1 is 1.08 bits per heavy atom. The van der Waals surface area contributed by atoms with Gasteiger partial charge in [0.1, 0.15) is 17.7 Å². The van der Waals surface area contributed by atoms with Gasteiger partial charge in [-0.1, -0.05) is 0 Å². The molecule has 0 unspecified atom stereocenters. The molecule has 0 amide bonds. The zero-order valence-corrected chi connectivity index (χ0v) is 22.8. The Morgan fingerprint density at radius 3 is 2.36 bits per heavy atom. The highest BCUT2D eigenvalue weighted by Gasteiger charge is 2.40. The van der Waals surface area contributed by atoms with Crippen LogP contribution in [-0.2, 0) is 10.0 Å². The van der Waals surface area contributed by atoms with Gasteiger partial charge in [-0.25, -0.2) is 13.4 Å². The maximum absolute atomic E-state index is 13.2. The lowest BCUT2D eigenvalue weighted by molar-refractivity contribution is 0.0676. The fraction of sp³-hybridized carbons (Fsp3) is 0.600. The molecule has 2 aliphatic rings. The van der Waals surface area contributed by atoms with Gasteiger partial charge in [-0.05, 0) is 76.8 Å². The van der Waals surface area contributed by atoms with E-state index in [2.05, 4.69) is 38.8 Å². The number of methoxy groups -OCH3 is 1. The van der Waals surface area contributed by atoms with Crippen LogP contribution in [0.5, 0.6) is 11.8 Å². The maximum atomic E-state index is 13.2. The Labute approximate surface area is 214 Å². The SMILES string of the molecule is COc1cc(C)c(S(=O)(=O)N2CC(Oc3nccc(N4CCN(CCCN(C)C)CC4)n3)C2)c(C)c1. The number of sulfonamides is 1. The molecule has 0 spiro atoms. The van der Waals surface area contributed by atoms with E-state index in [1.807, 2.05) is 6.07 Å². The van der Waals surface area contributed by atoms with Crippen LogP contribution in [-0.4, -0.2) is 112 Å². The van der Waals surface area contributed by atoms with Crippen molar-refractivity contribution in [3.8, 4) is 11.8 Å². The van der Waals surface area contributed by atoms with E-state index in [-0.39, 0.29) is 19.2 Å². The zero-order valence-electron chi connectivity index (χ0n) is 22.0. The van der Waals surface area contributed by atoms with Crippen LogP contribution < -0.4 is 14.4 Å². The molecule has 10 nitrogen and oxygen atoms in total. The van der Waals surface area contributed by atoms with Crippen molar-refractivity contribution in [1.82, 2.24) is 24.1 Å². The molecule has 0 radical (unpaired) electrons. The number of ether oxygens (including phenoxy) is 2. The van der Waals surface area contributed by atoms with Gasteiger partial charge in [0.05, 0.1) is 25.1 Å². The zero-order chi connectivity index (χ0) is 25.9. The molecule has 2 aliphatic heterocycles. The molecular formula is C25H38N6O4S. The molecule has 3 heterocycles. The lowest BCUT2D eigenvalue weighted by Crippen LogP contribution is -2.56. The van der Waals surface area contributed by atoms with E-state index in [1.165, 1.54) is 10.7 Å². The summed E-state index contributed by atoms with van der Waals surface area (Å²) in [6.45, 7) is 10.2. The highest BCUT2D eigenvalue weighted by Crippen LogP contribution is 2.31. The van der Waals surface area contributed by atoms with Gasteiger partial charge in [0.2, 0.25) is 10.0 Å². The van der Waals surface area contributed by atoms with E-state index in [4.69, 9.17) is 9.47 Å². The Kier molecular flexibility index (Phi) is 8.34. The Hall–Kier alpha value is -2.47. The van der Waals surface area contributed by atoms with Gasteiger partial charge in [-0.2, -0.15) is 9.29 Å². The second-order valence-electron chi connectivity index (χ2n) is 9.84. The van der Waals surface area contributed by atoms with Crippen LogP contribution in [0.25, 0.3) is 0 Å². The molecule has 0 atom stereocenters. The first-order chi connectivity index (χ1) is 17.2. The van der Waals surface area contributed by atoms with Gasteiger partial charge in [0.15, 0.2) is 0 Å². The lowest BCUT2D eigenvalue weighted by atomic mass is 10.1. The standard InChI is InChI=1S/C25H38N6O4S/c1-19-15-21(34-5)16-20(2)24(19)36(32,33)31-17-22(18-31)35-25-26-8-7-23(27-25)30-13-11-29(12-14-30)10-6-9-28(3)4/h7-8,15-16,22H,6,9-14,17-18H2,1-5H3. The van der Waals surface area contributed by atoms with Crippen LogP contribution >= 0.6 is 0 Å². The first-order valence-electron chi connectivity index (χ1n) is 12.4. The largest absolute Gasteiger partial charge is 0.497 e.